The molecule has 1 aromatic rings. The summed E-state index contributed by atoms with van der Waals surface area (Å²) in [7, 11) is 0.815. The fraction of sp³-hybridized carbons (Fsp3) is 0.583. The van der Waals surface area contributed by atoms with E-state index >= 15 is 0 Å². The number of hydrogen-bond donors (Lipinski definition) is 4. The molecule has 0 spiro atoms. The van der Waals surface area contributed by atoms with Crippen molar-refractivity contribution in [1.29, 1.82) is 0 Å². The Kier molecular flexibility index (Phi) is 13.1. The van der Waals surface area contributed by atoms with E-state index in [9.17, 15) is 44.4 Å². The van der Waals surface area contributed by atoms with Gasteiger partial charge in [-0.15, -0.1) is 0 Å². The number of hydrogen-bond acceptors (Lipinski definition) is 12. The minimum absolute atomic E-state index is 0.0986. The van der Waals surface area contributed by atoms with Gasteiger partial charge in [-0.1, -0.05) is 77.1 Å². The van der Waals surface area contributed by atoms with Gasteiger partial charge in [0.2, 0.25) is 17.5 Å². The Morgan fingerprint density at radius 1 is 1.08 bits per heavy atom. The maximum Gasteiger partial charge on any atom is 0.346 e. The quantitative estimate of drug-likeness (QED) is 0.0795. The summed E-state index contributed by atoms with van der Waals surface area (Å²) in [5.41, 5.74) is -5.86. The van der Waals surface area contributed by atoms with E-state index in [1.54, 1.807) is 0 Å². The molecule has 3 rings (SSSR count). The van der Waals surface area contributed by atoms with Crippen LogP contribution in [0.25, 0.3) is 0 Å². The summed E-state index contributed by atoms with van der Waals surface area (Å²) in [6.45, 7) is 13.0. The lowest BCUT2D eigenvalue weighted by Gasteiger charge is -2.49. The van der Waals surface area contributed by atoms with E-state index in [0.29, 0.717) is 12.3 Å². The van der Waals surface area contributed by atoms with Crippen LogP contribution in [-0.4, -0.2) is 98.8 Å². The SMILES string of the molecule is C=C(CCC12OC(C(=O)O)C(O)(C(=O)O)C(C(=O)OC)(O1)C(OC(=O)/C=C/C(C)CC(C)CC)C2O)C(OC(C)=O)C(C)Cc1ccccc1. The lowest BCUT2D eigenvalue weighted by Crippen LogP contribution is -2.78. The monoisotopic (exact) mass is 704 g/mol. The van der Waals surface area contributed by atoms with Crippen molar-refractivity contribution in [1.82, 2.24) is 0 Å². The van der Waals surface area contributed by atoms with Crippen LogP contribution in [0.1, 0.15) is 65.9 Å². The van der Waals surface area contributed by atoms with Crippen molar-refractivity contribution in [3.8, 4) is 0 Å². The number of fused-ring (bicyclic) bond motifs is 2. The second-order valence-corrected chi connectivity index (χ2v) is 13.3. The number of aliphatic hydroxyl groups is 2. The number of aliphatic hydroxyl groups excluding tert-OH is 1. The molecule has 10 unspecified atom stereocenters. The average molecular weight is 705 g/mol. The number of carboxylic acids is 2. The van der Waals surface area contributed by atoms with Crippen molar-refractivity contribution in [2.24, 2.45) is 17.8 Å². The zero-order chi connectivity index (χ0) is 37.6. The molecule has 276 valence electrons. The van der Waals surface area contributed by atoms with Gasteiger partial charge in [0.05, 0.1) is 7.11 Å². The fourth-order valence-corrected chi connectivity index (χ4v) is 6.72. The van der Waals surface area contributed by atoms with E-state index in [-0.39, 0.29) is 23.8 Å². The highest BCUT2D eigenvalue weighted by molar-refractivity contribution is 5.98. The van der Waals surface area contributed by atoms with E-state index in [1.165, 1.54) is 13.0 Å². The van der Waals surface area contributed by atoms with Crippen molar-refractivity contribution in [2.75, 3.05) is 7.11 Å². The molecule has 2 aliphatic rings. The molecule has 1 aromatic carbocycles. The summed E-state index contributed by atoms with van der Waals surface area (Å²) in [6, 6.07) is 9.35. The average Bonchev–Trinajstić information content (AvgIpc) is 3.28. The Hall–Kier alpha value is -4.11. The summed E-state index contributed by atoms with van der Waals surface area (Å²) in [4.78, 5) is 64.0. The molecule has 0 saturated carbocycles. The highest BCUT2D eigenvalue weighted by Crippen LogP contribution is 2.56. The Morgan fingerprint density at radius 2 is 1.72 bits per heavy atom. The molecule has 2 bridgehead atoms. The van der Waals surface area contributed by atoms with Gasteiger partial charge in [-0.25, -0.2) is 19.2 Å². The van der Waals surface area contributed by atoms with Gasteiger partial charge in [0.1, 0.15) is 12.2 Å². The number of benzene rings is 1. The number of carbonyl (C=O) groups is 5. The molecule has 2 heterocycles. The Balaban J connectivity index is 2.05. The second kappa shape index (κ2) is 16.3. The van der Waals surface area contributed by atoms with Crippen LogP contribution in [0.15, 0.2) is 54.6 Å². The van der Waals surface area contributed by atoms with Gasteiger partial charge in [0.25, 0.3) is 5.60 Å². The summed E-state index contributed by atoms with van der Waals surface area (Å²) in [5, 5.41) is 43.7. The van der Waals surface area contributed by atoms with Gasteiger partial charge >= 0.3 is 29.8 Å². The van der Waals surface area contributed by atoms with E-state index in [1.807, 2.05) is 58.0 Å². The lowest BCUT2D eigenvalue weighted by molar-refractivity contribution is -0.374. The first kappa shape index (κ1) is 40.3. The van der Waals surface area contributed by atoms with Gasteiger partial charge in [0.15, 0.2) is 6.10 Å². The van der Waals surface area contributed by atoms with Gasteiger partial charge < -0.3 is 44.1 Å². The van der Waals surface area contributed by atoms with Crippen molar-refractivity contribution >= 4 is 29.8 Å². The number of allylic oxidation sites excluding steroid dienone is 1. The van der Waals surface area contributed by atoms with Crippen molar-refractivity contribution in [2.45, 2.75) is 108 Å². The third-order valence-corrected chi connectivity index (χ3v) is 9.46. The van der Waals surface area contributed by atoms with Crippen molar-refractivity contribution in [3.63, 3.8) is 0 Å². The second-order valence-electron chi connectivity index (χ2n) is 13.3. The highest BCUT2D eigenvalue weighted by atomic mass is 16.8. The Labute approximate surface area is 291 Å². The maximum absolute atomic E-state index is 13.6. The number of carboxylic acid groups (broad SMARTS) is 2. The summed E-state index contributed by atoms with van der Waals surface area (Å²) < 4.78 is 27.3. The van der Waals surface area contributed by atoms with Crippen LogP contribution in [0.3, 0.4) is 0 Å². The Morgan fingerprint density at radius 3 is 2.26 bits per heavy atom. The number of carbonyl (C=O) groups excluding carboxylic acids is 3. The highest BCUT2D eigenvalue weighted by Gasteiger charge is 2.86. The maximum atomic E-state index is 13.6. The van der Waals surface area contributed by atoms with Crippen LogP contribution in [-0.2, 0) is 54.1 Å². The number of aliphatic carboxylic acids is 2. The van der Waals surface area contributed by atoms with Crippen molar-refractivity contribution in [3.05, 3.63) is 60.2 Å². The molecular weight excluding hydrogens is 656 g/mol. The van der Waals surface area contributed by atoms with E-state index in [4.69, 9.17) is 23.7 Å². The first-order valence-corrected chi connectivity index (χ1v) is 16.5. The van der Waals surface area contributed by atoms with E-state index < -0.39 is 77.7 Å². The minimum Gasteiger partial charge on any atom is -0.479 e. The first-order chi connectivity index (χ1) is 23.4. The zero-order valence-electron chi connectivity index (χ0n) is 29.2. The molecule has 14 nitrogen and oxygen atoms in total. The van der Waals surface area contributed by atoms with Crippen LogP contribution in [0.2, 0.25) is 0 Å². The molecule has 0 amide bonds. The van der Waals surface area contributed by atoms with Gasteiger partial charge in [-0.2, -0.15) is 0 Å². The fourth-order valence-electron chi connectivity index (χ4n) is 6.72. The summed E-state index contributed by atoms with van der Waals surface area (Å²) in [5.74, 6) is -10.4. The molecule has 2 saturated heterocycles. The first-order valence-electron chi connectivity index (χ1n) is 16.5. The number of ether oxygens (including phenoxy) is 5. The predicted octanol–water partition coefficient (Wildman–Crippen LogP) is 2.97. The molecule has 2 fully saturated rings. The number of rotatable bonds is 17. The Bertz CT molecular complexity index is 1460. The van der Waals surface area contributed by atoms with Crippen molar-refractivity contribution < 1.29 is 68.1 Å². The van der Waals surface area contributed by atoms with Gasteiger partial charge in [-0.3, -0.25) is 4.79 Å². The molecule has 10 atom stereocenters. The molecule has 2 aliphatic heterocycles. The molecular formula is C36H48O14. The van der Waals surface area contributed by atoms with Crippen LogP contribution >= 0.6 is 0 Å². The van der Waals surface area contributed by atoms with Crippen LogP contribution in [0, 0.1) is 17.8 Å². The van der Waals surface area contributed by atoms with Crippen LogP contribution in [0.4, 0.5) is 0 Å². The largest absolute Gasteiger partial charge is 0.479 e. The lowest BCUT2D eigenvalue weighted by atomic mass is 9.74. The molecule has 14 heteroatoms. The smallest absolute Gasteiger partial charge is 0.346 e. The summed E-state index contributed by atoms with van der Waals surface area (Å²) >= 11 is 0. The third-order valence-electron chi connectivity index (χ3n) is 9.46. The topological polar surface area (TPSA) is 212 Å². The third kappa shape index (κ3) is 7.93. The standard InChI is InChI=1S/C36H48O14/c1-8-20(2)18-21(3)14-15-26(38)48-29-28(39)34(49-30(31(40)41)35(45,32(42)43)36(29,50-34)33(44)46-7)17-16-22(4)27(47-24(6)37)23(5)19-25-12-10-9-11-13-25/h9-15,20-21,23,27-30,39,45H,4,8,16-19H2,1-3,5-7H3,(H,40,41)(H,42,43)/b15-14+. The van der Waals surface area contributed by atoms with Crippen LogP contribution in [0.5, 0.6) is 0 Å². The number of methoxy groups -OCH3 is 1. The van der Waals surface area contributed by atoms with Gasteiger partial charge in [0, 0.05) is 25.3 Å². The van der Waals surface area contributed by atoms with E-state index in [2.05, 4.69) is 6.58 Å². The molecule has 0 aliphatic carbocycles. The molecule has 0 aromatic heterocycles. The molecule has 4 N–H and O–H groups in total. The molecule has 0 radical (unpaired) electrons. The molecule has 50 heavy (non-hydrogen) atoms. The van der Waals surface area contributed by atoms with E-state index in [0.717, 1.165) is 31.6 Å². The normalized spacial score (nSPS) is 29.7. The van der Waals surface area contributed by atoms with Gasteiger partial charge in [-0.05, 0) is 42.2 Å². The summed E-state index contributed by atoms with van der Waals surface area (Å²) in [6.07, 6.45) is -4.27. The minimum atomic E-state index is -3.77. The number of esters is 3. The predicted molar refractivity (Wildman–Crippen MR) is 175 cm³/mol. The zero-order valence-corrected chi connectivity index (χ0v) is 29.2. The van der Waals surface area contributed by atoms with Crippen LogP contribution < -0.4 is 0 Å².